The first-order chi connectivity index (χ1) is 17.3. The number of piperidine rings is 1. The molecule has 4 aromatic rings. The first kappa shape index (κ1) is 25.0. The summed E-state index contributed by atoms with van der Waals surface area (Å²) < 4.78 is 41.8. The Morgan fingerprint density at radius 1 is 1.11 bits per heavy atom. The Kier molecular flexibility index (Phi) is 7.23. The van der Waals surface area contributed by atoms with Crippen LogP contribution in [-0.2, 0) is 12.7 Å². The Labute approximate surface area is 220 Å². The van der Waals surface area contributed by atoms with Crippen molar-refractivity contribution in [3.63, 3.8) is 0 Å². The van der Waals surface area contributed by atoms with E-state index in [1.54, 1.807) is 12.4 Å². The molecule has 5 rings (SSSR count). The number of imidazole rings is 1. The summed E-state index contributed by atoms with van der Waals surface area (Å²) in [7, 11) is 0. The number of hydrogen-bond acceptors (Lipinski definition) is 4. The summed E-state index contributed by atoms with van der Waals surface area (Å²) in [5, 5.41) is 4.18. The van der Waals surface area contributed by atoms with Gasteiger partial charge in [-0.2, -0.15) is 13.2 Å². The fraction of sp³-hybridized carbons (Fsp3) is 0.308. The highest BCUT2D eigenvalue weighted by Crippen LogP contribution is 2.32. The Morgan fingerprint density at radius 2 is 1.94 bits per heavy atom. The molecule has 1 unspecified atom stereocenters. The lowest BCUT2D eigenvalue weighted by Gasteiger charge is -2.33. The maximum absolute atomic E-state index is 13.1. The molecule has 3 heterocycles. The molecule has 0 aliphatic carbocycles. The molecule has 0 amide bonds. The first-order valence-corrected chi connectivity index (χ1v) is 12.9. The predicted molar refractivity (Wildman–Crippen MR) is 139 cm³/mol. The van der Waals surface area contributed by atoms with Crippen molar-refractivity contribution < 1.29 is 13.2 Å². The summed E-state index contributed by atoms with van der Waals surface area (Å²) in [5.41, 5.74) is 2.35. The van der Waals surface area contributed by atoms with Crippen LogP contribution < -0.4 is 5.32 Å². The fourth-order valence-corrected chi connectivity index (χ4v) is 5.30. The van der Waals surface area contributed by atoms with Gasteiger partial charge in [-0.3, -0.25) is 9.30 Å². The maximum atomic E-state index is 13.1. The second kappa shape index (κ2) is 10.4. The quantitative estimate of drug-likeness (QED) is 0.264. The molecule has 1 aliphatic rings. The molecule has 0 saturated carbocycles. The SMILES string of the molecule is FC(F)(F)c1cccc(CN2CCCC(CNc3cc(-c4ccccc4Cl)nc4c(Br)ncn34)C2)c1. The summed E-state index contributed by atoms with van der Waals surface area (Å²) in [6, 6.07) is 15.2. The van der Waals surface area contributed by atoms with Crippen molar-refractivity contribution in [3.05, 3.63) is 81.7 Å². The Hall–Kier alpha value is -2.62. The number of nitrogens with one attached hydrogen (secondary N) is 1. The van der Waals surface area contributed by atoms with Gasteiger partial charge in [0.05, 0.1) is 11.3 Å². The normalized spacial score (nSPS) is 17.0. The molecule has 0 bridgehead atoms. The van der Waals surface area contributed by atoms with Gasteiger partial charge in [-0.15, -0.1) is 0 Å². The van der Waals surface area contributed by atoms with Gasteiger partial charge in [-0.05, 0) is 58.9 Å². The first-order valence-electron chi connectivity index (χ1n) is 11.7. The highest BCUT2D eigenvalue weighted by atomic mass is 79.9. The smallest absolute Gasteiger partial charge is 0.371 e. The van der Waals surface area contributed by atoms with Crippen molar-refractivity contribution in [1.29, 1.82) is 0 Å². The van der Waals surface area contributed by atoms with Crippen LogP contribution in [-0.4, -0.2) is 38.9 Å². The minimum Gasteiger partial charge on any atom is -0.371 e. The maximum Gasteiger partial charge on any atom is 0.416 e. The van der Waals surface area contributed by atoms with Gasteiger partial charge >= 0.3 is 6.18 Å². The van der Waals surface area contributed by atoms with Gasteiger partial charge in [0.2, 0.25) is 0 Å². The van der Waals surface area contributed by atoms with E-state index in [0.29, 0.717) is 33.3 Å². The second-order valence-corrected chi connectivity index (χ2v) is 10.2. The molecule has 1 aliphatic heterocycles. The molecule has 1 fully saturated rings. The third-order valence-electron chi connectivity index (χ3n) is 6.44. The average Bonchev–Trinajstić information content (AvgIpc) is 3.23. The summed E-state index contributed by atoms with van der Waals surface area (Å²) in [4.78, 5) is 11.3. The van der Waals surface area contributed by atoms with Crippen molar-refractivity contribution in [2.24, 2.45) is 5.92 Å². The minimum atomic E-state index is -4.33. The van der Waals surface area contributed by atoms with Crippen molar-refractivity contribution >= 4 is 39.0 Å². The van der Waals surface area contributed by atoms with Gasteiger partial charge in [-0.25, -0.2) is 9.97 Å². The molecule has 5 nitrogen and oxygen atoms in total. The fourth-order valence-electron chi connectivity index (χ4n) is 4.70. The molecule has 1 atom stereocenters. The van der Waals surface area contributed by atoms with E-state index in [4.69, 9.17) is 16.6 Å². The molecule has 188 valence electrons. The van der Waals surface area contributed by atoms with Gasteiger partial charge in [0, 0.05) is 36.3 Å². The zero-order chi connectivity index (χ0) is 25.3. The second-order valence-electron chi connectivity index (χ2n) is 9.06. The van der Waals surface area contributed by atoms with Gasteiger partial charge in [0.25, 0.3) is 0 Å². The van der Waals surface area contributed by atoms with Crippen molar-refractivity contribution in [3.8, 4) is 11.3 Å². The average molecular weight is 579 g/mol. The van der Waals surface area contributed by atoms with E-state index in [9.17, 15) is 13.2 Å². The van der Waals surface area contributed by atoms with Crippen LogP contribution in [0, 0.1) is 5.92 Å². The van der Waals surface area contributed by atoms with E-state index in [1.807, 2.05) is 34.7 Å². The van der Waals surface area contributed by atoms with Crippen LogP contribution in [0.1, 0.15) is 24.0 Å². The molecule has 2 aromatic heterocycles. The van der Waals surface area contributed by atoms with Crippen LogP contribution in [0.4, 0.5) is 19.0 Å². The Bertz CT molecular complexity index is 1370. The largest absolute Gasteiger partial charge is 0.416 e. The molecular formula is C26H24BrClF3N5. The number of anilines is 1. The van der Waals surface area contributed by atoms with E-state index >= 15 is 0 Å². The van der Waals surface area contributed by atoms with E-state index < -0.39 is 11.7 Å². The van der Waals surface area contributed by atoms with Crippen LogP contribution >= 0.6 is 27.5 Å². The van der Waals surface area contributed by atoms with Crippen LogP contribution in [0.25, 0.3) is 16.9 Å². The van der Waals surface area contributed by atoms with Gasteiger partial charge in [-0.1, -0.05) is 48.0 Å². The van der Waals surface area contributed by atoms with Crippen LogP contribution in [0.15, 0.2) is 65.5 Å². The third-order valence-corrected chi connectivity index (χ3v) is 7.33. The summed E-state index contributed by atoms with van der Waals surface area (Å²) in [5.74, 6) is 1.20. The Morgan fingerprint density at radius 3 is 2.75 bits per heavy atom. The molecule has 10 heteroatoms. The number of nitrogens with zero attached hydrogens (tertiary/aromatic N) is 4. The van der Waals surface area contributed by atoms with E-state index in [-0.39, 0.29) is 0 Å². The van der Waals surface area contributed by atoms with Gasteiger partial charge in [0.1, 0.15) is 12.1 Å². The Balaban J connectivity index is 1.30. The highest BCUT2D eigenvalue weighted by molar-refractivity contribution is 9.10. The van der Waals surface area contributed by atoms with E-state index in [2.05, 4.69) is 31.1 Å². The molecule has 0 radical (unpaired) electrons. The van der Waals surface area contributed by atoms with Gasteiger partial charge in [0.15, 0.2) is 10.3 Å². The summed E-state index contributed by atoms with van der Waals surface area (Å²) in [6.07, 6.45) is -0.568. The van der Waals surface area contributed by atoms with Crippen molar-refractivity contribution in [2.45, 2.75) is 25.6 Å². The minimum absolute atomic E-state index is 0.350. The lowest BCUT2D eigenvalue weighted by Crippen LogP contribution is -2.37. The summed E-state index contributed by atoms with van der Waals surface area (Å²) >= 11 is 9.91. The number of hydrogen-bond donors (Lipinski definition) is 1. The third kappa shape index (κ3) is 5.53. The number of halogens is 5. The molecule has 0 spiro atoms. The van der Waals surface area contributed by atoms with Crippen LogP contribution in [0.5, 0.6) is 0 Å². The zero-order valence-electron chi connectivity index (χ0n) is 19.3. The number of alkyl halides is 3. The monoisotopic (exact) mass is 577 g/mol. The lowest BCUT2D eigenvalue weighted by atomic mass is 9.97. The van der Waals surface area contributed by atoms with E-state index in [0.717, 1.165) is 55.6 Å². The molecule has 1 N–H and O–H groups in total. The van der Waals surface area contributed by atoms with Crippen molar-refractivity contribution in [1.82, 2.24) is 19.3 Å². The lowest BCUT2D eigenvalue weighted by molar-refractivity contribution is -0.137. The number of benzene rings is 2. The predicted octanol–water partition coefficient (Wildman–Crippen LogP) is 7.16. The molecular weight excluding hydrogens is 555 g/mol. The number of aromatic nitrogens is 3. The number of rotatable bonds is 6. The zero-order valence-corrected chi connectivity index (χ0v) is 21.6. The number of likely N-dealkylation sites (tertiary alicyclic amines) is 1. The molecule has 36 heavy (non-hydrogen) atoms. The standard InChI is InChI=1S/C26H24BrClF3N5/c27-24-25-34-22(20-8-1-2-9-21(20)28)12-23(36(25)16-33-24)32-13-18-6-4-10-35(15-18)14-17-5-3-7-19(11-17)26(29,30)31/h1-3,5,7-9,11-12,16,18,32H,4,6,10,13-15H2. The summed E-state index contributed by atoms with van der Waals surface area (Å²) in [6.45, 7) is 2.90. The highest BCUT2D eigenvalue weighted by Gasteiger charge is 2.30. The van der Waals surface area contributed by atoms with Crippen molar-refractivity contribution in [2.75, 3.05) is 25.0 Å². The van der Waals surface area contributed by atoms with Gasteiger partial charge < -0.3 is 5.32 Å². The molecule has 2 aromatic carbocycles. The number of fused-ring (bicyclic) bond motifs is 1. The van der Waals surface area contributed by atoms with E-state index in [1.165, 1.54) is 12.1 Å². The topological polar surface area (TPSA) is 45.5 Å². The van der Waals surface area contributed by atoms with Crippen LogP contribution in [0.3, 0.4) is 0 Å². The van der Waals surface area contributed by atoms with Crippen LogP contribution in [0.2, 0.25) is 5.02 Å². The molecule has 1 saturated heterocycles.